The predicted molar refractivity (Wildman–Crippen MR) is 84.1 cm³/mol. The smallest absolute Gasteiger partial charge is 0.123 e. The number of hydrogen-bond acceptors (Lipinski definition) is 3. The normalized spacial score (nSPS) is 12.9. The van der Waals surface area contributed by atoms with Crippen molar-refractivity contribution in [3.05, 3.63) is 48.3 Å². The number of hydrogen-bond donors (Lipinski definition) is 2. The van der Waals surface area contributed by atoms with E-state index in [-0.39, 0.29) is 6.04 Å². The molecular weight excluding hydrogens is 262 g/mol. The first-order valence-electron chi connectivity index (χ1n) is 7.50. The van der Waals surface area contributed by atoms with Gasteiger partial charge in [0.25, 0.3) is 0 Å². The Morgan fingerprint density at radius 3 is 2.86 bits per heavy atom. The summed E-state index contributed by atoms with van der Waals surface area (Å²) in [6.45, 7) is 6.09. The number of nitrogens with one attached hydrogen (secondary N) is 2. The van der Waals surface area contributed by atoms with Gasteiger partial charge in [-0.3, -0.25) is 0 Å². The van der Waals surface area contributed by atoms with E-state index in [4.69, 9.17) is 4.98 Å². The van der Waals surface area contributed by atoms with Crippen LogP contribution in [0.2, 0.25) is 0 Å². The van der Waals surface area contributed by atoms with Crippen molar-refractivity contribution in [3.63, 3.8) is 0 Å². The number of likely N-dealkylation sites (N-methyl/N-ethyl adjacent to an activating group) is 1. The third-order valence-corrected chi connectivity index (χ3v) is 3.74. The van der Waals surface area contributed by atoms with Crippen molar-refractivity contribution in [1.29, 1.82) is 0 Å². The number of rotatable bonds is 6. The minimum atomic E-state index is 0.159. The van der Waals surface area contributed by atoms with Crippen LogP contribution in [0, 0.1) is 0 Å². The average Bonchev–Trinajstić information content (AvgIpc) is 3.14. The maximum absolute atomic E-state index is 4.80. The second-order valence-electron chi connectivity index (χ2n) is 5.05. The molecule has 0 saturated heterocycles. The zero-order chi connectivity index (χ0) is 14.7. The molecule has 1 unspecified atom stereocenters. The van der Waals surface area contributed by atoms with Gasteiger partial charge in [-0.15, -0.1) is 0 Å². The molecule has 1 aromatic carbocycles. The van der Waals surface area contributed by atoms with E-state index in [1.54, 1.807) is 6.20 Å². The van der Waals surface area contributed by atoms with Crippen molar-refractivity contribution in [2.24, 2.45) is 0 Å². The van der Waals surface area contributed by atoms with Gasteiger partial charge >= 0.3 is 0 Å². The van der Waals surface area contributed by atoms with Crippen LogP contribution >= 0.6 is 0 Å². The van der Waals surface area contributed by atoms with Crippen molar-refractivity contribution in [2.75, 3.05) is 6.54 Å². The summed E-state index contributed by atoms with van der Waals surface area (Å²) < 4.78 is 2.28. The lowest BCUT2D eigenvalue weighted by Crippen LogP contribution is -2.25. The monoisotopic (exact) mass is 283 g/mol. The minimum absolute atomic E-state index is 0.159. The van der Waals surface area contributed by atoms with Crippen molar-refractivity contribution < 1.29 is 0 Å². The molecule has 21 heavy (non-hydrogen) atoms. The van der Waals surface area contributed by atoms with Gasteiger partial charge in [0.15, 0.2) is 0 Å². The standard InChI is InChI=1S/C16H21N5/c1-3-17-13(16-18-9-10-19-16)11-15-20-12-7-5-6-8-14(12)21(15)4-2/h5-10,13,17H,3-4,11H2,1-2H3,(H,18,19). The van der Waals surface area contributed by atoms with Gasteiger partial charge in [-0.2, -0.15) is 0 Å². The fourth-order valence-electron chi connectivity index (χ4n) is 2.80. The molecule has 0 amide bonds. The number of imidazole rings is 2. The molecule has 0 saturated carbocycles. The Kier molecular flexibility index (Phi) is 4.01. The number of fused-ring (bicyclic) bond motifs is 1. The SMILES string of the molecule is CCNC(Cc1nc2ccccc2n1CC)c1ncc[nH]1. The van der Waals surface area contributed by atoms with Gasteiger partial charge in [0.1, 0.15) is 11.6 Å². The van der Waals surface area contributed by atoms with Crippen LogP contribution in [0.15, 0.2) is 36.7 Å². The summed E-state index contributed by atoms with van der Waals surface area (Å²) in [5.74, 6) is 2.06. The molecule has 0 spiro atoms. The van der Waals surface area contributed by atoms with Crippen LogP contribution in [0.3, 0.4) is 0 Å². The summed E-state index contributed by atoms with van der Waals surface area (Å²) >= 11 is 0. The second-order valence-corrected chi connectivity index (χ2v) is 5.05. The zero-order valence-corrected chi connectivity index (χ0v) is 12.5. The molecule has 2 N–H and O–H groups in total. The van der Waals surface area contributed by atoms with E-state index in [0.717, 1.165) is 36.7 Å². The summed E-state index contributed by atoms with van der Waals surface area (Å²) in [7, 11) is 0. The van der Waals surface area contributed by atoms with Gasteiger partial charge in [-0.1, -0.05) is 19.1 Å². The second kappa shape index (κ2) is 6.10. The fraction of sp³-hybridized carbons (Fsp3) is 0.375. The highest BCUT2D eigenvalue weighted by atomic mass is 15.1. The molecule has 2 aromatic heterocycles. The number of aryl methyl sites for hydroxylation is 1. The average molecular weight is 283 g/mol. The maximum Gasteiger partial charge on any atom is 0.123 e. The summed E-state index contributed by atoms with van der Waals surface area (Å²) in [5, 5.41) is 3.48. The van der Waals surface area contributed by atoms with E-state index in [9.17, 15) is 0 Å². The van der Waals surface area contributed by atoms with Crippen LogP contribution in [-0.4, -0.2) is 26.1 Å². The lowest BCUT2D eigenvalue weighted by Gasteiger charge is -2.16. The van der Waals surface area contributed by atoms with Gasteiger partial charge < -0.3 is 14.9 Å². The third kappa shape index (κ3) is 2.69. The largest absolute Gasteiger partial charge is 0.347 e. The molecule has 0 bridgehead atoms. The summed E-state index contributed by atoms with van der Waals surface area (Å²) in [6, 6.07) is 8.46. The van der Waals surface area contributed by atoms with E-state index in [1.807, 2.05) is 12.3 Å². The summed E-state index contributed by atoms with van der Waals surface area (Å²) in [6.07, 6.45) is 4.48. The Hall–Kier alpha value is -2.14. The number of aromatic nitrogens is 4. The van der Waals surface area contributed by atoms with E-state index in [1.165, 1.54) is 5.52 Å². The quantitative estimate of drug-likeness (QED) is 0.731. The van der Waals surface area contributed by atoms with E-state index < -0.39 is 0 Å². The molecule has 0 aliphatic heterocycles. The molecule has 2 heterocycles. The highest BCUT2D eigenvalue weighted by Crippen LogP contribution is 2.20. The van der Waals surface area contributed by atoms with Crippen LogP contribution < -0.4 is 5.32 Å². The molecule has 3 aromatic rings. The van der Waals surface area contributed by atoms with Crippen LogP contribution in [0.5, 0.6) is 0 Å². The van der Waals surface area contributed by atoms with Gasteiger partial charge in [-0.05, 0) is 25.6 Å². The summed E-state index contributed by atoms with van der Waals surface area (Å²) in [4.78, 5) is 12.4. The van der Waals surface area contributed by atoms with E-state index >= 15 is 0 Å². The topological polar surface area (TPSA) is 58.5 Å². The maximum atomic E-state index is 4.80. The zero-order valence-electron chi connectivity index (χ0n) is 12.5. The van der Waals surface area contributed by atoms with Gasteiger partial charge in [0.2, 0.25) is 0 Å². The molecule has 3 rings (SSSR count). The number of benzene rings is 1. The number of aromatic amines is 1. The first-order chi connectivity index (χ1) is 10.3. The van der Waals surface area contributed by atoms with Crippen molar-refractivity contribution in [3.8, 4) is 0 Å². The first-order valence-corrected chi connectivity index (χ1v) is 7.50. The highest BCUT2D eigenvalue weighted by Gasteiger charge is 2.18. The Bertz CT molecular complexity index is 699. The molecule has 5 nitrogen and oxygen atoms in total. The lowest BCUT2D eigenvalue weighted by molar-refractivity contribution is 0.504. The number of H-pyrrole nitrogens is 1. The van der Waals surface area contributed by atoms with E-state index in [2.05, 4.69) is 51.9 Å². The van der Waals surface area contributed by atoms with Crippen LogP contribution in [0.1, 0.15) is 31.5 Å². The van der Waals surface area contributed by atoms with Gasteiger partial charge in [0, 0.05) is 25.4 Å². The Morgan fingerprint density at radius 2 is 2.14 bits per heavy atom. The van der Waals surface area contributed by atoms with Crippen LogP contribution in [-0.2, 0) is 13.0 Å². The molecule has 0 fully saturated rings. The van der Waals surface area contributed by atoms with Crippen molar-refractivity contribution in [1.82, 2.24) is 24.8 Å². The lowest BCUT2D eigenvalue weighted by atomic mass is 10.2. The summed E-state index contributed by atoms with van der Waals surface area (Å²) in [5.41, 5.74) is 2.26. The van der Waals surface area contributed by atoms with Crippen LogP contribution in [0.4, 0.5) is 0 Å². The molecule has 1 atom stereocenters. The predicted octanol–water partition coefficient (Wildman–Crippen LogP) is 2.67. The Morgan fingerprint density at radius 1 is 1.29 bits per heavy atom. The Balaban J connectivity index is 1.95. The van der Waals surface area contributed by atoms with Gasteiger partial charge in [-0.25, -0.2) is 9.97 Å². The third-order valence-electron chi connectivity index (χ3n) is 3.74. The van der Waals surface area contributed by atoms with Crippen molar-refractivity contribution in [2.45, 2.75) is 32.9 Å². The van der Waals surface area contributed by atoms with Crippen molar-refractivity contribution >= 4 is 11.0 Å². The molecule has 110 valence electrons. The number of para-hydroxylation sites is 2. The molecular formula is C16H21N5. The molecule has 0 aliphatic carbocycles. The van der Waals surface area contributed by atoms with Crippen LogP contribution in [0.25, 0.3) is 11.0 Å². The van der Waals surface area contributed by atoms with Gasteiger partial charge in [0.05, 0.1) is 17.1 Å². The molecule has 0 aliphatic rings. The van der Waals surface area contributed by atoms with E-state index in [0.29, 0.717) is 0 Å². The highest BCUT2D eigenvalue weighted by molar-refractivity contribution is 5.75. The first kappa shape index (κ1) is 13.8. The number of nitrogens with zero attached hydrogens (tertiary/aromatic N) is 3. The fourth-order valence-corrected chi connectivity index (χ4v) is 2.80. The molecule has 0 radical (unpaired) electrons. The Labute approximate surface area is 124 Å². The molecule has 5 heteroatoms. The minimum Gasteiger partial charge on any atom is -0.347 e.